The largest absolute Gasteiger partial charge is 0.573 e. The summed E-state index contributed by atoms with van der Waals surface area (Å²) in [5, 5.41) is 15.6. The van der Waals surface area contributed by atoms with Crippen LogP contribution in [0.2, 0.25) is 0 Å². The van der Waals surface area contributed by atoms with E-state index in [-0.39, 0.29) is 41.4 Å². The Morgan fingerprint density at radius 1 is 1.15 bits per heavy atom. The summed E-state index contributed by atoms with van der Waals surface area (Å²) in [6.07, 6.45) is 1.57. The molecule has 5 rings (SSSR count). The van der Waals surface area contributed by atoms with Crippen LogP contribution in [-0.4, -0.2) is 59.8 Å². The molecule has 2 N–H and O–H groups in total. The third-order valence-corrected chi connectivity index (χ3v) is 8.48. The molecule has 0 bridgehead atoms. The summed E-state index contributed by atoms with van der Waals surface area (Å²) in [7, 11) is 0. The van der Waals surface area contributed by atoms with Gasteiger partial charge in [0.15, 0.2) is 6.61 Å². The minimum absolute atomic E-state index is 0.0280. The zero-order valence-corrected chi connectivity index (χ0v) is 21.3. The molecule has 210 valence electrons. The molecular formula is C27H31F3N4O5. The van der Waals surface area contributed by atoms with Gasteiger partial charge in [-0.15, -0.1) is 13.2 Å². The number of piperidine rings is 1. The van der Waals surface area contributed by atoms with Crippen molar-refractivity contribution in [2.75, 3.05) is 13.2 Å². The van der Waals surface area contributed by atoms with Gasteiger partial charge in [0.25, 0.3) is 5.91 Å². The molecule has 3 amide bonds. The Morgan fingerprint density at radius 3 is 2.51 bits per heavy atom. The number of hydrogen-bond acceptors (Lipinski definition) is 6. The molecule has 1 aromatic rings. The summed E-state index contributed by atoms with van der Waals surface area (Å²) in [5.74, 6) is -1.33. The predicted molar refractivity (Wildman–Crippen MR) is 130 cm³/mol. The number of rotatable bonds is 8. The van der Waals surface area contributed by atoms with Gasteiger partial charge in [-0.05, 0) is 81.0 Å². The van der Waals surface area contributed by atoms with E-state index < -0.39 is 42.6 Å². The molecule has 4 aliphatic rings. The molecule has 39 heavy (non-hydrogen) atoms. The first-order valence-corrected chi connectivity index (χ1v) is 13.4. The molecule has 1 aromatic carbocycles. The number of nitrogens with zero attached hydrogens (tertiary/aromatic N) is 2. The molecule has 2 heterocycles. The van der Waals surface area contributed by atoms with Crippen molar-refractivity contribution in [1.29, 1.82) is 5.26 Å². The lowest BCUT2D eigenvalue weighted by atomic mass is 9.87. The number of hydrogen-bond donors (Lipinski definition) is 2. The van der Waals surface area contributed by atoms with Gasteiger partial charge in [0.05, 0.1) is 6.07 Å². The minimum Gasteiger partial charge on any atom is -0.484 e. The van der Waals surface area contributed by atoms with Crippen LogP contribution in [0.15, 0.2) is 24.3 Å². The SMILES string of the molecule is N#C[C@H](C[C@@H]1CCC2(CC2)NC1=O)NC(=O)C1[C@H]2CCC[C@H]2CN1C(=O)COc1ccc(OC(F)(F)F)cc1. The summed E-state index contributed by atoms with van der Waals surface area (Å²) < 4.78 is 46.4. The monoisotopic (exact) mass is 548 g/mol. The van der Waals surface area contributed by atoms with E-state index in [1.807, 2.05) is 0 Å². The van der Waals surface area contributed by atoms with Crippen molar-refractivity contribution >= 4 is 17.7 Å². The van der Waals surface area contributed by atoms with E-state index >= 15 is 0 Å². The molecule has 2 aliphatic heterocycles. The Kier molecular flexibility index (Phi) is 7.35. The average molecular weight is 549 g/mol. The highest BCUT2D eigenvalue weighted by molar-refractivity contribution is 5.89. The van der Waals surface area contributed by atoms with Crippen molar-refractivity contribution in [2.24, 2.45) is 17.8 Å². The van der Waals surface area contributed by atoms with Gasteiger partial charge < -0.3 is 25.0 Å². The van der Waals surface area contributed by atoms with E-state index in [1.165, 1.54) is 17.0 Å². The molecule has 1 spiro atoms. The van der Waals surface area contributed by atoms with Crippen molar-refractivity contribution in [2.45, 2.75) is 75.4 Å². The molecule has 1 unspecified atom stereocenters. The van der Waals surface area contributed by atoms with Gasteiger partial charge in [0, 0.05) is 18.0 Å². The van der Waals surface area contributed by atoms with Crippen LogP contribution in [0.3, 0.4) is 0 Å². The van der Waals surface area contributed by atoms with Crippen LogP contribution in [0.1, 0.15) is 51.4 Å². The number of nitriles is 1. The van der Waals surface area contributed by atoms with Crippen LogP contribution in [0.5, 0.6) is 11.5 Å². The van der Waals surface area contributed by atoms with Gasteiger partial charge in [-0.1, -0.05) is 6.42 Å². The first-order valence-electron chi connectivity index (χ1n) is 13.4. The molecule has 0 radical (unpaired) electrons. The van der Waals surface area contributed by atoms with Gasteiger partial charge in [-0.25, -0.2) is 0 Å². The Morgan fingerprint density at radius 2 is 1.87 bits per heavy atom. The van der Waals surface area contributed by atoms with Crippen LogP contribution in [0, 0.1) is 29.1 Å². The van der Waals surface area contributed by atoms with Crippen LogP contribution >= 0.6 is 0 Å². The first-order chi connectivity index (χ1) is 18.6. The summed E-state index contributed by atoms with van der Waals surface area (Å²) in [6.45, 7) is 0.00199. The van der Waals surface area contributed by atoms with Crippen molar-refractivity contribution < 1.29 is 37.0 Å². The second-order valence-electron chi connectivity index (χ2n) is 11.1. The van der Waals surface area contributed by atoms with Crippen LogP contribution in [-0.2, 0) is 14.4 Å². The van der Waals surface area contributed by atoms with Gasteiger partial charge in [-0.3, -0.25) is 14.4 Å². The van der Waals surface area contributed by atoms with E-state index in [2.05, 4.69) is 21.4 Å². The highest BCUT2D eigenvalue weighted by Gasteiger charge is 2.51. The fraction of sp³-hybridized carbons (Fsp3) is 0.630. The molecule has 9 nitrogen and oxygen atoms in total. The van der Waals surface area contributed by atoms with Crippen molar-refractivity contribution in [3.05, 3.63) is 24.3 Å². The first kappa shape index (κ1) is 27.1. The topological polar surface area (TPSA) is 121 Å². The Bertz CT molecular complexity index is 1150. The van der Waals surface area contributed by atoms with Crippen molar-refractivity contribution in [1.82, 2.24) is 15.5 Å². The second kappa shape index (κ2) is 10.6. The van der Waals surface area contributed by atoms with Crippen LogP contribution in [0.25, 0.3) is 0 Å². The standard InChI is InChI=1S/C27H31F3N4O5/c28-27(29,30)39-20-6-4-19(5-7-20)38-15-22(35)34-14-17-2-1-3-21(17)23(34)25(37)32-18(13-31)12-16-8-9-26(10-11-26)33-24(16)36/h4-7,16-18,21,23H,1-3,8-12,14-15H2,(H,32,37)(H,33,36)/t16-,17-,18-,21-,23?/m0/s1. The fourth-order valence-corrected chi connectivity index (χ4v) is 6.31. The van der Waals surface area contributed by atoms with Gasteiger partial charge in [0.2, 0.25) is 11.8 Å². The van der Waals surface area contributed by atoms with Gasteiger partial charge in [0.1, 0.15) is 23.6 Å². The average Bonchev–Trinajstić information content (AvgIpc) is 3.29. The molecule has 0 aromatic heterocycles. The molecule has 12 heteroatoms. The Balaban J connectivity index is 1.19. The number of ether oxygens (including phenoxy) is 2. The third-order valence-electron chi connectivity index (χ3n) is 8.48. The van der Waals surface area contributed by atoms with Crippen molar-refractivity contribution in [3.8, 4) is 17.6 Å². The molecule has 4 fully saturated rings. The molecule has 2 saturated heterocycles. The summed E-state index contributed by atoms with van der Waals surface area (Å²) in [6, 6.07) is 5.21. The normalized spacial score (nSPS) is 27.7. The summed E-state index contributed by atoms with van der Waals surface area (Å²) in [4.78, 5) is 40.6. The number of halogens is 3. The molecule has 2 saturated carbocycles. The van der Waals surface area contributed by atoms with Crippen LogP contribution < -0.4 is 20.1 Å². The van der Waals surface area contributed by atoms with Gasteiger partial charge >= 0.3 is 6.36 Å². The number of benzene rings is 1. The highest BCUT2D eigenvalue weighted by atomic mass is 19.4. The predicted octanol–water partition coefficient (Wildman–Crippen LogP) is 3.05. The summed E-state index contributed by atoms with van der Waals surface area (Å²) in [5.41, 5.74) is -0.0535. The third kappa shape index (κ3) is 6.23. The Hall–Kier alpha value is -3.49. The smallest absolute Gasteiger partial charge is 0.484 e. The number of carbonyl (C=O) groups excluding carboxylic acids is 3. The lowest BCUT2D eigenvalue weighted by molar-refractivity contribution is -0.274. The maximum atomic E-state index is 13.4. The number of likely N-dealkylation sites (tertiary alicyclic amines) is 1. The number of fused-ring (bicyclic) bond motifs is 1. The second-order valence-corrected chi connectivity index (χ2v) is 11.1. The minimum atomic E-state index is -4.81. The molecule has 2 aliphatic carbocycles. The van der Waals surface area contributed by atoms with E-state index in [9.17, 15) is 32.8 Å². The number of nitrogens with one attached hydrogen (secondary N) is 2. The lowest BCUT2D eigenvalue weighted by Crippen LogP contribution is -2.53. The number of carbonyl (C=O) groups is 3. The quantitative estimate of drug-likeness (QED) is 0.515. The highest BCUT2D eigenvalue weighted by Crippen LogP contribution is 2.44. The lowest BCUT2D eigenvalue weighted by Gasteiger charge is -2.31. The zero-order valence-electron chi connectivity index (χ0n) is 21.3. The van der Waals surface area contributed by atoms with Crippen LogP contribution in [0.4, 0.5) is 13.2 Å². The summed E-state index contributed by atoms with van der Waals surface area (Å²) >= 11 is 0. The molecule has 5 atom stereocenters. The van der Waals surface area contributed by atoms with E-state index in [0.29, 0.717) is 13.0 Å². The van der Waals surface area contributed by atoms with E-state index in [1.54, 1.807) is 0 Å². The maximum absolute atomic E-state index is 13.4. The molecular weight excluding hydrogens is 517 g/mol. The van der Waals surface area contributed by atoms with E-state index in [4.69, 9.17) is 4.74 Å². The maximum Gasteiger partial charge on any atom is 0.573 e. The number of alkyl halides is 3. The fourth-order valence-electron chi connectivity index (χ4n) is 6.31. The van der Waals surface area contributed by atoms with Gasteiger partial charge in [-0.2, -0.15) is 5.26 Å². The van der Waals surface area contributed by atoms with Crippen molar-refractivity contribution in [3.63, 3.8) is 0 Å². The van der Waals surface area contributed by atoms with E-state index in [0.717, 1.165) is 50.7 Å². The number of amides is 3. The zero-order chi connectivity index (χ0) is 27.8. The Labute approximate surface area is 224 Å².